The van der Waals surface area contributed by atoms with Gasteiger partial charge in [0.05, 0.1) is 11.0 Å². The molecule has 1 aromatic carbocycles. The van der Waals surface area contributed by atoms with E-state index in [4.69, 9.17) is 16.6 Å². The molecule has 1 aromatic heterocycles. The molecule has 0 atom stereocenters. The van der Waals surface area contributed by atoms with E-state index in [1.807, 2.05) is 0 Å². The molecule has 1 heterocycles. The predicted molar refractivity (Wildman–Crippen MR) is 86.3 cm³/mol. The molecule has 2 aromatic rings. The van der Waals surface area contributed by atoms with Crippen LogP contribution in [0.25, 0.3) is 11.0 Å². The highest BCUT2D eigenvalue weighted by Gasteiger charge is 2.17. The van der Waals surface area contributed by atoms with Crippen LogP contribution in [-0.2, 0) is 13.0 Å². The average molecular weight is 377 g/mol. The fourth-order valence-electron chi connectivity index (χ4n) is 2.08. The number of halogens is 2. The fraction of sp³-hybridized carbons (Fsp3) is 0.500. The molecule has 0 fully saturated rings. The number of nitrogens with zero attached hydrogens (tertiary/aromatic N) is 2. The van der Waals surface area contributed by atoms with Crippen molar-refractivity contribution in [1.82, 2.24) is 9.55 Å². The van der Waals surface area contributed by atoms with Crippen LogP contribution in [0.5, 0.6) is 0 Å². The second kappa shape index (κ2) is 5.37. The minimum Gasteiger partial charge on any atom is -0.327 e. The highest BCUT2D eigenvalue weighted by Crippen LogP contribution is 2.24. The first-order chi connectivity index (χ1) is 8.40. The van der Waals surface area contributed by atoms with E-state index in [2.05, 4.69) is 66.1 Å². The van der Waals surface area contributed by atoms with Crippen molar-refractivity contribution in [2.45, 2.75) is 33.7 Å². The zero-order valence-electron chi connectivity index (χ0n) is 11.0. The average Bonchev–Trinajstić information content (AvgIpc) is 2.54. The molecule has 2 rings (SSSR count). The summed E-state index contributed by atoms with van der Waals surface area (Å²) in [6, 6.07) is 6.43. The van der Waals surface area contributed by atoms with Crippen LogP contribution in [0.1, 0.15) is 26.6 Å². The highest BCUT2D eigenvalue weighted by atomic mass is 127. The summed E-state index contributed by atoms with van der Waals surface area (Å²) in [5, 5.41) is 0. The Balaban J connectivity index is 2.55. The lowest BCUT2D eigenvalue weighted by Gasteiger charge is -2.21. The molecule has 0 aliphatic rings. The van der Waals surface area contributed by atoms with E-state index in [-0.39, 0.29) is 5.41 Å². The topological polar surface area (TPSA) is 17.8 Å². The van der Waals surface area contributed by atoms with Crippen molar-refractivity contribution in [3.63, 3.8) is 0 Å². The van der Waals surface area contributed by atoms with Gasteiger partial charge in [-0.3, -0.25) is 0 Å². The summed E-state index contributed by atoms with van der Waals surface area (Å²) in [5.41, 5.74) is 2.52. The molecule has 0 saturated heterocycles. The van der Waals surface area contributed by atoms with Crippen LogP contribution in [0.2, 0.25) is 0 Å². The third-order valence-corrected chi connectivity index (χ3v) is 3.60. The van der Waals surface area contributed by atoms with Crippen LogP contribution in [0.4, 0.5) is 0 Å². The van der Waals surface area contributed by atoms with Gasteiger partial charge in [-0.25, -0.2) is 4.98 Å². The van der Waals surface area contributed by atoms with Gasteiger partial charge in [0.25, 0.3) is 0 Å². The molecule has 18 heavy (non-hydrogen) atoms. The van der Waals surface area contributed by atoms with Crippen molar-refractivity contribution in [1.29, 1.82) is 0 Å². The maximum atomic E-state index is 5.88. The zero-order chi connectivity index (χ0) is 13.3. The van der Waals surface area contributed by atoms with Gasteiger partial charge in [-0.1, -0.05) is 20.8 Å². The monoisotopic (exact) mass is 376 g/mol. The first kappa shape index (κ1) is 14.1. The van der Waals surface area contributed by atoms with E-state index in [9.17, 15) is 0 Å². The van der Waals surface area contributed by atoms with E-state index in [1.165, 1.54) is 9.09 Å². The molecule has 0 N–H and O–H groups in total. The number of aromatic nitrogens is 2. The minimum atomic E-state index is 0.234. The number of alkyl halides is 1. The molecular formula is C14H18ClIN2. The Morgan fingerprint density at radius 1 is 1.33 bits per heavy atom. The number of aryl methyl sites for hydroxylation is 1. The lowest BCUT2D eigenvalue weighted by atomic mass is 9.96. The highest BCUT2D eigenvalue weighted by molar-refractivity contribution is 14.1. The molecule has 0 saturated carbocycles. The Labute approximate surface area is 127 Å². The summed E-state index contributed by atoms with van der Waals surface area (Å²) in [7, 11) is 0. The fourth-order valence-corrected chi connectivity index (χ4v) is 2.72. The number of rotatable bonds is 3. The van der Waals surface area contributed by atoms with Crippen molar-refractivity contribution in [3.8, 4) is 0 Å². The summed E-state index contributed by atoms with van der Waals surface area (Å²) in [6.07, 6.45) is 0.822. The SMILES string of the molecule is CC(C)(C)Cn1c(CCCl)nc2cc(I)ccc21. The van der Waals surface area contributed by atoms with Gasteiger partial charge in [0, 0.05) is 22.4 Å². The second-order valence-corrected chi connectivity index (χ2v) is 7.37. The Morgan fingerprint density at radius 2 is 2.06 bits per heavy atom. The molecule has 0 radical (unpaired) electrons. The summed E-state index contributed by atoms with van der Waals surface area (Å²) in [6.45, 7) is 7.71. The summed E-state index contributed by atoms with van der Waals surface area (Å²) in [4.78, 5) is 4.72. The van der Waals surface area contributed by atoms with Crippen LogP contribution in [-0.4, -0.2) is 15.4 Å². The van der Waals surface area contributed by atoms with Crippen molar-refractivity contribution in [3.05, 3.63) is 27.6 Å². The number of fused-ring (bicyclic) bond motifs is 1. The van der Waals surface area contributed by atoms with Crippen molar-refractivity contribution < 1.29 is 0 Å². The molecule has 0 unspecified atom stereocenters. The molecule has 4 heteroatoms. The van der Waals surface area contributed by atoms with Gasteiger partial charge in [-0.15, -0.1) is 11.6 Å². The smallest absolute Gasteiger partial charge is 0.111 e. The minimum absolute atomic E-state index is 0.234. The molecule has 0 aliphatic heterocycles. The van der Waals surface area contributed by atoms with E-state index < -0.39 is 0 Å². The van der Waals surface area contributed by atoms with Crippen LogP contribution in [0, 0.1) is 8.99 Å². The third-order valence-electron chi connectivity index (χ3n) is 2.74. The Morgan fingerprint density at radius 3 is 2.67 bits per heavy atom. The van der Waals surface area contributed by atoms with Crippen LogP contribution >= 0.6 is 34.2 Å². The maximum absolute atomic E-state index is 5.88. The first-order valence-electron chi connectivity index (χ1n) is 6.11. The molecule has 0 bridgehead atoms. The standard InChI is InChI=1S/C14H18ClIN2/c1-14(2,3)9-18-12-5-4-10(16)8-11(12)17-13(18)6-7-15/h4-5,8H,6-7,9H2,1-3H3. The van der Waals surface area contributed by atoms with E-state index in [0.29, 0.717) is 5.88 Å². The largest absolute Gasteiger partial charge is 0.327 e. The molecule has 2 nitrogen and oxygen atoms in total. The summed E-state index contributed by atoms with van der Waals surface area (Å²) in [5.74, 6) is 1.71. The number of benzene rings is 1. The van der Waals surface area contributed by atoms with E-state index in [0.717, 1.165) is 24.3 Å². The van der Waals surface area contributed by atoms with E-state index in [1.54, 1.807) is 0 Å². The molecule has 0 amide bonds. The lowest BCUT2D eigenvalue weighted by Crippen LogP contribution is -2.17. The van der Waals surface area contributed by atoms with Gasteiger partial charge in [-0.2, -0.15) is 0 Å². The van der Waals surface area contributed by atoms with Gasteiger partial charge in [0.15, 0.2) is 0 Å². The lowest BCUT2D eigenvalue weighted by molar-refractivity contribution is 0.343. The van der Waals surface area contributed by atoms with Gasteiger partial charge in [-0.05, 0) is 46.2 Å². The molecule has 98 valence electrons. The first-order valence-corrected chi connectivity index (χ1v) is 7.73. The van der Waals surface area contributed by atoms with Crippen LogP contribution in [0.3, 0.4) is 0 Å². The second-order valence-electron chi connectivity index (χ2n) is 5.75. The summed E-state index contributed by atoms with van der Waals surface area (Å²) < 4.78 is 3.53. The van der Waals surface area contributed by atoms with E-state index >= 15 is 0 Å². The number of hydrogen-bond acceptors (Lipinski definition) is 1. The van der Waals surface area contributed by atoms with Crippen molar-refractivity contribution >= 4 is 45.2 Å². The van der Waals surface area contributed by atoms with Gasteiger partial charge in [0.2, 0.25) is 0 Å². The van der Waals surface area contributed by atoms with Gasteiger partial charge < -0.3 is 4.57 Å². The third kappa shape index (κ3) is 3.18. The molecule has 0 spiro atoms. The Bertz CT molecular complexity index is 555. The van der Waals surface area contributed by atoms with Crippen molar-refractivity contribution in [2.24, 2.45) is 5.41 Å². The predicted octanol–water partition coefficient (Wildman–Crippen LogP) is 4.47. The summed E-state index contributed by atoms with van der Waals surface area (Å²) >= 11 is 8.21. The normalized spacial score (nSPS) is 12.3. The molecule has 0 aliphatic carbocycles. The van der Waals surface area contributed by atoms with Crippen LogP contribution < -0.4 is 0 Å². The number of imidazole rings is 1. The quantitative estimate of drug-likeness (QED) is 0.571. The Hall–Kier alpha value is -0.290. The van der Waals surface area contributed by atoms with Gasteiger partial charge in [0.1, 0.15) is 5.82 Å². The Kier molecular flexibility index (Phi) is 4.22. The zero-order valence-corrected chi connectivity index (χ0v) is 13.9. The number of hydrogen-bond donors (Lipinski definition) is 0. The van der Waals surface area contributed by atoms with Crippen molar-refractivity contribution in [2.75, 3.05) is 5.88 Å². The van der Waals surface area contributed by atoms with Gasteiger partial charge >= 0.3 is 0 Å². The molecular weight excluding hydrogens is 359 g/mol. The maximum Gasteiger partial charge on any atom is 0.111 e. The van der Waals surface area contributed by atoms with Crippen LogP contribution in [0.15, 0.2) is 18.2 Å².